The highest BCUT2D eigenvalue weighted by Gasteiger charge is 2.08. The third kappa shape index (κ3) is 3.73. The van der Waals surface area contributed by atoms with E-state index in [2.05, 4.69) is 5.32 Å². The Hall–Kier alpha value is -2.53. The van der Waals surface area contributed by atoms with Crippen molar-refractivity contribution in [2.45, 2.75) is 6.61 Å². The van der Waals surface area contributed by atoms with Crippen molar-refractivity contribution >= 4 is 11.6 Å². The van der Waals surface area contributed by atoms with Gasteiger partial charge in [-0.15, -0.1) is 0 Å². The van der Waals surface area contributed by atoms with Crippen LogP contribution in [0.1, 0.15) is 15.9 Å². The molecule has 0 aliphatic rings. The van der Waals surface area contributed by atoms with Crippen LogP contribution >= 0.6 is 0 Å². The second-order valence-electron chi connectivity index (χ2n) is 4.41. The second kappa shape index (κ2) is 6.76. The minimum atomic E-state index is -0.241. The molecule has 0 aliphatic carbocycles. The van der Waals surface area contributed by atoms with Crippen LogP contribution in [0.15, 0.2) is 42.5 Å². The maximum absolute atomic E-state index is 12.2. The summed E-state index contributed by atoms with van der Waals surface area (Å²) in [5.41, 5.74) is 1.85. The largest absolute Gasteiger partial charge is 0.497 e. The molecule has 0 bridgehead atoms. The Morgan fingerprint density at radius 2 is 1.62 bits per heavy atom. The zero-order valence-corrected chi connectivity index (χ0v) is 11.9. The van der Waals surface area contributed by atoms with E-state index < -0.39 is 0 Å². The number of hydrogen-bond donors (Lipinski definition) is 2. The van der Waals surface area contributed by atoms with E-state index >= 15 is 0 Å². The molecule has 0 heterocycles. The van der Waals surface area contributed by atoms with Gasteiger partial charge in [-0.25, -0.2) is 0 Å². The van der Waals surface area contributed by atoms with E-state index in [4.69, 9.17) is 14.6 Å². The van der Waals surface area contributed by atoms with Gasteiger partial charge in [0, 0.05) is 29.4 Å². The number of aliphatic hydroxyl groups excluding tert-OH is 1. The van der Waals surface area contributed by atoms with Crippen molar-refractivity contribution in [2.24, 2.45) is 0 Å². The molecule has 0 spiro atoms. The molecular weight excluding hydrogens is 270 g/mol. The van der Waals surface area contributed by atoms with Crippen molar-refractivity contribution in [3.05, 3.63) is 53.6 Å². The normalized spacial score (nSPS) is 10.0. The van der Waals surface area contributed by atoms with Gasteiger partial charge in [0.1, 0.15) is 11.5 Å². The molecule has 2 aromatic rings. The summed E-state index contributed by atoms with van der Waals surface area (Å²) in [4.78, 5) is 12.2. The molecule has 110 valence electrons. The standard InChI is InChI=1S/C16H17NO4/c1-20-14-7-13(8-15(9-14)21-2)17-16(19)12-5-3-11(10-18)4-6-12/h3-9,18H,10H2,1-2H3,(H,17,19). The van der Waals surface area contributed by atoms with Gasteiger partial charge >= 0.3 is 0 Å². The van der Waals surface area contributed by atoms with Gasteiger partial charge in [-0.2, -0.15) is 0 Å². The summed E-state index contributed by atoms with van der Waals surface area (Å²) in [6.45, 7) is -0.0466. The number of nitrogens with one attached hydrogen (secondary N) is 1. The van der Waals surface area contributed by atoms with E-state index in [1.54, 1.807) is 56.7 Å². The van der Waals surface area contributed by atoms with Gasteiger partial charge in [0.25, 0.3) is 5.91 Å². The molecule has 1 amide bonds. The Balaban J connectivity index is 2.18. The second-order valence-corrected chi connectivity index (χ2v) is 4.41. The molecule has 2 aromatic carbocycles. The number of anilines is 1. The lowest BCUT2D eigenvalue weighted by Crippen LogP contribution is -2.12. The summed E-state index contributed by atoms with van der Waals surface area (Å²) in [6, 6.07) is 11.9. The SMILES string of the molecule is COc1cc(NC(=O)c2ccc(CO)cc2)cc(OC)c1. The number of methoxy groups -OCH3 is 2. The van der Waals surface area contributed by atoms with Crippen molar-refractivity contribution in [1.29, 1.82) is 0 Å². The van der Waals surface area contributed by atoms with Crippen LogP contribution in [-0.4, -0.2) is 25.2 Å². The van der Waals surface area contributed by atoms with E-state index in [0.717, 1.165) is 5.56 Å². The number of hydrogen-bond acceptors (Lipinski definition) is 4. The van der Waals surface area contributed by atoms with E-state index in [1.807, 2.05) is 0 Å². The predicted molar refractivity (Wildman–Crippen MR) is 79.9 cm³/mol. The van der Waals surface area contributed by atoms with Crippen LogP contribution in [0.25, 0.3) is 0 Å². The highest BCUT2D eigenvalue weighted by atomic mass is 16.5. The van der Waals surface area contributed by atoms with E-state index in [-0.39, 0.29) is 12.5 Å². The molecule has 0 saturated carbocycles. The van der Waals surface area contributed by atoms with Crippen LogP contribution in [0.5, 0.6) is 11.5 Å². The quantitative estimate of drug-likeness (QED) is 0.886. The fourth-order valence-corrected chi connectivity index (χ4v) is 1.84. The Labute approximate surface area is 123 Å². The predicted octanol–water partition coefficient (Wildman–Crippen LogP) is 2.45. The summed E-state index contributed by atoms with van der Waals surface area (Å²) < 4.78 is 10.3. The monoisotopic (exact) mass is 287 g/mol. The van der Waals surface area contributed by atoms with Gasteiger partial charge < -0.3 is 19.9 Å². The van der Waals surface area contributed by atoms with Crippen LogP contribution in [0.3, 0.4) is 0 Å². The van der Waals surface area contributed by atoms with Crippen LogP contribution < -0.4 is 14.8 Å². The summed E-state index contributed by atoms with van der Waals surface area (Å²) >= 11 is 0. The van der Waals surface area contributed by atoms with Crippen molar-refractivity contribution < 1.29 is 19.4 Å². The topological polar surface area (TPSA) is 67.8 Å². The Morgan fingerprint density at radius 3 is 2.10 bits per heavy atom. The first kappa shape index (κ1) is 14.9. The van der Waals surface area contributed by atoms with E-state index in [9.17, 15) is 4.79 Å². The maximum Gasteiger partial charge on any atom is 0.255 e. The molecule has 2 rings (SSSR count). The molecule has 21 heavy (non-hydrogen) atoms. The number of benzene rings is 2. The molecule has 0 unspecified atom stereocenters. The Bertz CT molecular complexity index is 600. The third-order valence-corrected chi connectivity index (χ3v) is 3.01. The lowest BCUT2D eigenvalue weighted by atomic mass is 10.1. The van der Waals surface area contributed by atoms with Crippen LogP contribution in [0.2, 0.25) is 0 Å². The van der Waals surface area contributed by atoms with Gasteiger partial charge in [-0.3, -0.25) is 4.79 Å². The van der Waals surface area contributed by atoms with Crippen molar-refractivity contribution in [3.8, 4) is 11.5 Å². The number of carbonyl (C=O) groups excluding carboxylic acids is 1. The lowest BCUT2D eigenvalue weighted by Gasteiger charge is -2.10. The molecule has 0 saturated heterocycles. The number of ether oxygens (including phenoxy) is 2. The highest BCUT2D eigenvalue weighted by molar-refractivity contribution is 6.04. The molecule has 5 nitrogen and oxygen atoms in total. The lowest BCUT2D eigenvalue weighted by molar-refractivity contribution is 0.102. The molecule has 2 N–H and O–H groups in total. The van der Waals surface area contributed by atoms with Crippen LogP contribution in [-0.2, 0) is 6.61 Å². The maximum atomic E-state index is 12.2. The smallest absolute Gasteiger partial charge is 0.255 e. The van der Waals surface area contributed by atoms with Crippen molar-refractivity contribution in [1.82, 2.24) is 0 Å². The van der Waals surface area contributed by atoms with E-state index in [1.165, 1.54) is 0 Å². The van der Waals surface area contributed by atoms with Crippen molar-refractivity contribution in [2.75, 3.05) is 19.5 Å². The molecule has 5 heteroatoms. The minimum Gasteiger partial charge on any atom is -0.497 e. The first-order valence-corrected chi connectivity index (χ1v) is 6.40. The average molecular weight is 287 g/mol. The first-order chi connectivity index (χ1) is 10.2. The first-order valence-electron chi connectivity index (χ1n) is 6.40. The Morgan fingerprint density at radius 1 is 1.05 bits per heavy atom. The zero-order chi connectivity index (χ0) is 15.2. The van der Waals surface area contributed by atoms with Gasteiger partial charge in [0.2, 0.25) is 0 Å². The van der Waals surface area contributed by atoms with Crippen LogP contribution in [0, 0.1) is 0 Å². The Kier molecular flexibility index (Phi) is 4.79. The number of rotatable bonds is 5. The zero-order valence-electron chi connectivity index (χ0n) is 11.9. The molecule has 0 aliphatic heterocycles. The fraction of sp³-hybridized carbons (Fsp3) is 0.188. The summed E-state index contributed by atoms with van der Waals surface area (Å²) in [6.07, 6.45) is 0. The molecule has 0 fully saturated rings. The third-order valence-electron chi connectivity index (χ3n) is 3.01. The van der Waals surface area contributed by atoms with Gasteiger partial charge in [-0.05, 0) is 17.7 Å². The molecule has 0 radical (unpaired) electrons. The molecular formula is C16H17NO4. The van der Waals surface area contributed by atoms with Crippen LogP contribution in [0.4, 0.5) is 5.69 Å². The highest BCUT2D eigenvalue weighted by Crippen LogP contribution is 2.26. The van der Waals surface area contributed by atoms with Gasteiger partial charge in [0.05, 0.1) is 20.8 Å². The number of carbonyl (C=O) groups is 1. The minimum absolute atomic E-state index is 0.0466. The molecule has 0 atom stereocenters. The fourth-order valence-electron chi connectivity index (χ4n) is 1.84. The average Bonchev–Trinajstić information content (AvgIpc) is 2.54. The number of amides is 1. The molecule has 0 aromatic heterocycles. The van der Waals surface area contributed by atoms with Gasteiger partial charge in [0.15, 0.2) is 0 Å². The summed E-state index contributed by atoms with van der Waals surface area (Å²) in [7, 11) is 3.10. The summed E-state index contributed by atoms with van der Waals surface area (Å²) in [5.74, 6) is 0.954. The number of aliphatic hydroxyl groups is 1. The summed E-state index contributed by atoms with van der Waals surface area (Å²) in [5, 5.41) is 11.8. The van der Waals surface area contributed by atoms with Gasteiger partial charge in [-0.1, -0.05) is 12.1 Å². The van der Waals surface area contributed by atoms with Crippen molar-refractivity contribution in [3.63, 3.8) is 0 Å². The van der Waals surface area contributed by atoms with E-state index in [0.29, 0.717) is 22.7 Å².